The Morgan fingerprint density at radius 1 is 1.58 bits per heavy atom. The van der Waals surface area contributed by atoms with Crippen LogP contribution < -0.4 is 10.9 Å². The molecule has 2 heterocycles. The zero-order chi connectivity index (χ0) is 8.55. The first-order valence-electron chi connectivity index (χ1n) is 3.44. The molecule has 0 spiro atoms. The second-order valence-corrected chi connectivity index (χ2v) is 2.80. The molecule has 2 rings (SSSR count). The van der Waals surface area contributed by atoms with Crippen molar-refractivity contribution in [2.75, 3.05) is 6.73 Å². The van der Waals surface area contributed by atoms with E-state index >= 15 is 0 Å². The third-order valence-electron chi connectivity index (χ3n) is 1.58. The number of hydrogen-bond acceptors (Lipinski definition) is 5. The smallest absolute Gasteiger partial charge is 0.145 e. The van der Waals surface area contributed by atoms with Gasteiger partial charge in [0.1, 0.15) is 17.5 Å². The average Bonchev–Trinajstić information content (AvgIpc) is 2.49. The number of fused-ring (bicyclic) bond motifs is 1. The summed E-state index contributed by atoms with van der Waals surface area (Å²) in [6.45, 7) is -0.0930. The summed E-state index contributed by atoms with van der Waals surface area (Å²) in [4.78, 5) is 0.663. The molecular weight excluding hydrogens is 176 g/mol. The molecule has 2 aliphatic rings. The van der Waals surface area contributed by atoms with Gasteiger partial charge in [-0.25, -0.2) is 5.01 Å². The molecule has 0 aliphatic carbocycles. The first-order chi connectivity index (χ1) is 5.81. The molecule has 0 fully saturated rings. The lowest BCUT2D eigenvalue weighted by Crippen LogP contribution is -2.46. The summed E-state index contributed by atoms with van der Waals surface area (Å²) in [6, 6.07) is 0. The minimum absolute atomic E-state index is 0.0930. The first kappa shape index (κ1) is 7.53. The predicted molar refractivity (Wildman–Crippen MR) is 46.9 cm³/mol. The lowest BCUT2D eigenvalue weighted by atomic mass is 10.5. The third-order valence-corrected chi connectivity index (χ3v) is 1.90. The molecule has 0 radical (unpaired) electrons. The van der Waals surface area contributed by atoms with Crippen molar-refractivity contribution in [2.24, 2.45) is 0 Å². The molecule has 0 saturated heterocycles. The summed E-state index contributed by atoms with van der Waals surface area (Å²) in [6.07, 6.45) is 5.25. The quantitative estimate of drug-likeness (QED) is 0.465. The lowest BCUT2D eigenvalue weighted by Gasteiger charge is -2.24. The molecule has 0 aromatic carbocycles. The Morgan fingerprint density at radius 2 is 2.42 bits per heavy atom. The van der Waals surface area contributed by atoms with E-state index in [4.69, 9.17) is 17.3 Å². The fourth-order valence-electron chi connectivity index (χ4n) is 1.03. The van der Waals surface area contributed by atoms with E-state index in [9.17, 15) is 0 Å². The number of rotatable bonds is 1. The Balaban J connectivity index is 2.21. The molecule has 2 aliphatic heterocycles. The number of nitrogens with one attached hydrogen (secondary N) is 2. The Hall–Kier alpha value is -1.11. The summed E-state index contributed by atoms with van der Waals surface area (Å²) in [5.74, 6) is 0.816. The zero-order valence-corrected chi connectivity index (χ0v) is 7.01. The molecule has 0 aromatic heterocycles. The van der Waals surface area contributed by atoms with Crippen molar-refractivity contribution in [2.45, 2.75) is 0 Å². The Labute approximate surface area is 74.9 Å². The van der Waals surface area contributed by atoms with Crippen molar-refractivity contribution >= 4 is 17.2 Å². The number of thiocarbonyl (C=S) groups is 1. The number of nitrogens with zero attached hydrogens (tertiary/aromatic N) is 2. The van der Waals surface area contributed by atoms with Gasteiger partial charge in [0.2, 0.25) is 0 Å². The molecule has 0 aromatic rings. The van der Waals surface area contributed by atoms with Crippen LogP contribution in [-0.2, 0) is 0 Å². The maximum atomic E-state index is 8.80. The minimum Gasteiger partial charge on any atom is -0.375 e. The van der Waals surface area contributed by atoms with E-state index < -0.39 is 0 Å². The van der Waals surface area contributed by atoms with Gasteiger partial charge in [-0.2, -0.15) is 0 Å². The van der Waals surface area contributed by atoms with Gasteiger partial charge < -0.3 is 10.4 Å². The normalized spacial score (nSPS) is 20.8. The van der Waals surface area contributed by atoms with Gasteiger partial charge >= 0.3 is 0 Å². The molecule has 64 valence electrons. The van der Waals surface area contributed by atoms with E-state index in [2.05, 4.69) is 10.9 Å². The summed E-state index contributed by atoms with van der Waals surface area (Å²) >= 11 is 5.03. The van der Waals surface area contributed by atoms with Gasteiger partial charge in [-0.3, -0.25) is 5.01 Å². The van der Waals surface area contributed by atoms with E-state index in [0.717, 1.165) is 5.82 Å². The third kappa shape index (κ3) is 1.06. The summed E-state index contributed by atoms with van der Waals surface area (Å²) < 4.78 is 0. The molecule has 0 saturated carbocycles. The molecule has 0 amide bonds. The monoisotopic (exact) mass is 184 g/mol. The highest BCUT2D eigenvalue weighted by Crippen LogP contribution is 2.12. The highest BCUT2D eigenvalue weighted by molar-refractivity contribution is 7.80. The molecular formula is C6H8N4OS. The number of hydrazine groups is 2. The summed E-state index contributed by atoms with van der Waals surface area (Å²) in [5, 5.41) is 15.0. The molecule has 0 bridgehead atoms. The molecule has 3 N–H and O–H groups in total. The van der Waals surface area contributed by atoms with E-state index in [-0.39, 0.29) is 6.73 Å². The second-order valence-electron chi connectivity index (χ2n) is 2.38. The van der Waals surface area contributed by atoms with Crippen LogP contribution in [0.4, 0.5) is 0 Å². The van der Waals surface area contributed by atoms with Crippen LogP contribution in [0, 0.1) is 0 Å². The van der Waals surface area contributed by atoms with Gasteiger partial charge in [-0.05, 0) is 6.08 Å². The van der Waals surface area contributed by atoms with Gasteiger partial charge in [0, 0.05) is 6.20 Å². The van der Waals surface area contributed by atoms with Crippen molar-refractivity contribution in [3.8, 4) is 0 Å². The van der Waals surface area contributed by atoms with Crippen LogP contribution in [0.1, 0.15) is 0 Å². The zero-order valence-electron chi connectivity index (χ0n) is 6.19. The van der Waals surface area contributed by atoms with Crippen molar-refractivity contribution < 1.29 is 5.11 Å². The fourth-order valence-corrected chi connectivity index (χ4v) is 1.24. The highest BCUT2D eigenvalue weighted by atomic mass is 32.1. The van der Waals surface area contributed by atoms with Crippen LogP contribution in [0.2, 0.25) is 0 Å². The van der Waals surface area contributed by atoms with Crippen LogP contribution in [0.5, 0.6) is 0 Å². The molecule has 0 atom stereocenters. The lowest BCUT2D eigenvalue weighted by molar-refractivity contribution is 0.0774. The largest absolute Gasteiger partial charge is 0.375 e. The maximum absolute atomic E-state index is 8.80. The van der Waals surface area contributed by atoms with Crippen molar-refractivity contribution in [3.63, 3.8) is 0 Å². The number of aliphatic hydroxyl groups excluding tert-OH is 1. The van der Waals surface area contributed by atoms with E-state index in [1.165, 1.54) is 5.01 Å². The van der Waals surface area contributed by atoms with E-state index in [0.29, 0.717) is 4.99 Å². The van der Waals surface area contributed by atoms with Crippen LogP contribution in [0.25, 0.3) is 0 Å². The minimum atomic E-state index is -0.0930. The molecule has 0 unspecified atom stereocenters. The van der Waals surface area contributed by atoms with Crippen molar-refractivity contribution in [3.05, 3.63) is 24.3 Å². The van der Waals surface area contributed by atoms with Crippen LogP contribution >= 0.6 is 12.2 Å². The molecule has 12 heavy (non-hydrogen) atoms. The van der Waals surface area contributed by atoms with Crippen LogP contribution in [-0.4, -0.2) is 26.8 Å². The molecule has 5 nitrogen and oxygen atoms in total. The fraction of sp³-hybridized carbons (Fsp3) is 0.167. The molecule has 6 heteroatoms. The summed E-state index contributed by atoms with van der Waals surface area (Å²) in [7, 11) is 0. The SMILES string of the molecule is OCN1C=C2NC=CC(=S)N2N1. The van der Waals surface area contributed by atoms with Crippen LogP contribution in [0.3, 0.4) is 0 Å². The standard InChI is InChI=1S/C6H8N4OS/c11-4-9-3-5-7-2-1-6(12)10(5)8-9/h1-3,7-8,11H,4H2. The van der Waals surface area contributed by atoms with Gasteiger partial charge in [0.25, 0.3) is 0 Å². The Bertz CT molecular complexity index is 275. The number of aliphatic hydroxyl groups is 1. The average molecular weight is 184 g/mol. The summed E-state index contributed by atoms with van der Waals surface area (Å²) in [5.41, 5.74) is 2.86. The predicted octanol–water partition coefficient (Wildman–Crippen LogP) is -0.783. The van der Waals surface area contributed by atoms with E-state index in [1.54, 1.807) is 23.5 Å². The first-order valence-corrected chi connectivity index (χ1v) is 3.85. The highest BCUT2D eigenvalue weighted by Gasteiger charge is 2.23. The maximum Gasteiger partial charge on any atom is 0.145 e. The van der Waals surface area contributed by atoms with Gasteiger partial charge in [-0.15, -0.1) is 5.53 Å². The topological polar surface area (TPSA) is 50.8 Å². The van der Waals surface area contributed by atoms with Gasteiger partial charge in [0.05, 0.1) is 6.20 Å². The van der Waals surface area contributed by atoms with Crippen molar-refractivity contribution in [1.29, 1.82) is 0 Å². The van der Waals surface area contributed by atoms with Gasteiger partial charge in [0.15, 0.2) is 0 Å². The van der Waals surface area contributed by atoms with Gasteiger partial charge in [-0.1, -0.05) is 12.2 Å². The van der Waals surface area contributed by atoms with Crippen LogP contribution in [0.15, 0.2) is 24.3 Å². The van der Waals surface area contributed by atoms with Crippen molar-refractivity contribution in [1.82, 2.24) is 20.9 Å². The Kier molecular flexibility index (Phi) is 1.72. The number of hydrogen-bond donors (Lipinski definition) is 3. The Morgan fingerprint density at radius 3 is 3.08 bits per heavy atom. The second kappa shape index (κ2) is 2.74. The van der Waals surface area contributed by atoms with E-state index in [1.807, 2.05) is 0 Å².